The molecule has 0 aromatic heterocycles. The standard InChI is InChI=1S/C31H34O7/c1-5-36-30(33)26-15-21(19-11-12-23(32)20(14-19)13-18-9-7-6-8-10-18)28-25(37-26)17-24-22(29(28)35-4)16-27(38-24)31(2,3)34/h6-10,15,17,20,27,34H,5,11-14,16H2,1-4H3. The first-order valence-electron chi connectivity index (χ1n) is 13.2. The second kappa shape index (κ2) is 10.3. The number of benzene rings is 2. The van der Waals surface area contributed by atoms with Crippen molar-refractivity contribution in [1.82, 2.24) is 0 Å². The molecule has 0 amide bonds. The van der Waals surface area contributed by atoms with Gasteiger partial charge in [-0.1, -0.05) is 35.9 Å². The Bertz CT molecular complexity index is 1310. The Labute approximate surface area is 223 Å². The van der Waals surface area contributed by atoms with Crippen molar-refractivity contribution in [2.24, 2.45) is 5.92 Å². The Morgan fingerprint density at radius 2 is 1.89 bits per heavy atom. The van der Waals surface area contributed by atoms with E-state index in [1.165, 1.54) is 0 Å². The molecule has 5 rings (SSSR count). The highest BCUT2D eigenvalue weighted by atomic mass is 16.6. The molecule has 7 heteroatoms. The van der Waals surface area contributed by atoms with Crippen molar-refractivity contribution in [2.75, 3.05) is 13.7 Å². The molecule has 1 fully saturated rings. The summed E-state index contributed by atoms with van der Waals surface area (Å²) in [7, 11) is 1.60. The first-order chi connectivity index (χ1) is 18.2. The third-order valence-corrected chi connectivity index (χ3v) is 7.53. The van der Waals surface area contributed by atoms with Crippen molar-refractivity contribution < 1.29 is 33.6 Å². The molecule has 2 unspecified atom stereocenters. The number of fused-ring (bicyclic) bond motifs is 2. The first kappa shape index (κ1) is 26.0. The lowest BCUT2D eigenvalue weighted by Crippen LogP contribution is -2.39. The smallest absolute Gasteiger partial charge is 0.374 e. The van der Waals surface area contributed by atoms with Crippen LogP contribution in [0.4, 0.5) is 0 Å². The lowest BCUT2D eigenvalue weighted by Gasteiger charge is -2.29. The SMILES string of the molecule is CCOC(=O)C1=CC(=C2CCC(=O)C(Cc3ccccc3)C2)c2c(cc3c(c2OC)CC(C(C)(C)O)O3)O1. The van der Waals surface area contributed by atoms with Crippen LogP contribution in [-0.2, 0) is 27.2 Å². The van der Waals surface area contributed by atoms with Gasteiger partial charge in [0.25, 0.3) is 0 Å². The normalized spacial score (nSPS) is 22.6. The van der Waals surface area contributed by atoms with E-state index < -0.39 is 17.7 Å². The van der Waals surface area contributed by atoms with Crippen LogP contribution in [0.5, 0.6) is 17.2 Å². The summed E-state index contributed by atoms with van der Waals surface area (Å²) in [6, 6.07) is 11.8. The van der Waals surface area contributed by atoms with Gasteiger partial charge in [0.05, 0.1) is 24.9 Å². The van der Waals surface area contributed by atoms with E-state index in [1.54, 1.807) is 40.0 Å². The highest BCUT2D eigenvalue weighted by molar-refractivity contribution is 5.97. The average molecular weight is 519 g/mol. The zero-order chi connectivity index (χ0) is 27.0. The van der Waals surface area contributed by atoms with Crippen LogP contribution in [0.3, 0.4) is 0 Å². The molecule has 7 nitrogen and oxygen atoms in total. The summed E-state index contributed by atoms with van der Waals surface area (Å²) in [5.74, 6) is 1.22. The highest BCUT2D eigenvalue weighted by Gasteiger charge is 2.40. The van der Waals surface area contributed by atoms with Crippen LogP contribution in [0.1, 0.15) is 56.7 Å². The summed E-state index contributed by atoms with van der Waals surface area (Å²) in [5, 5.41) is 10.6. The van der Waals surface area contributed by atoms with Crippen LogP contribution < -0.4 is 14.2 Å². The fraction of sp³-hybridized carbons (Fsp3) is 0.419. The average Bonchev–Trinajstić information content (AvgIpc) is 3.33. The third kappa shape index (κ3) is 4.95. The van der Waals surface area contributed by atoms with Gasteiger partial charge >= 0.3 is 5.97 Å². The Morgan fingerprint density at radius 1 is 1.13 bits per heavy atom. The van der Waals surface area contributed by atoms with Crippen molar-refractivity contribution in [3.63, 3.8) is 0 Å². The van der Waals surface area contributed by atoms with Gasteiger partial charge in [-0.2, -0.15) is 0 Å². The quantitative estimate of drug-likeness (QED) is 0.540. The second-order valence-corrected chi connectivity index (χ2v) is 10.6. The molecule has 2 aromatic rings. The number of Topliss-reactive ketones (excluding diaryl/α,β-unsaturated/α-hetero) is 1. The molecule has 1 saturated carbocycles. The molecule has 38 heavy (non-hydrogen) atoms. The molecular formula is C31H34O7. The van der Waals surface area contributed by atoms with Crippen molar-refractivity contribution in [3.8, 4) is 17.2 Å². The van der Waals surface area contributed by atoms with Crippen LogP contribution >= 0.6 is 0 Å². The Kier molecular flexibility index (Phi) is 7.05. The van der Waals surface area contributed by atoms with Gasteiger partial charge in [0.1, 0.15) is 29.1 Å². The first-order valence-corrected chi connectivity index (χ1v) is 13.2. The van der Waals surface area contributed by atoms with E-state index >= 15 is 0 Å². The van der Waals surface area contributed by atoms with E-state index in [0.717, 1.165) is 27.8 Å². The van der Waals surface area contributed by atoms with Gasteiger partial charge in [0, 0.05) is 30.4 Å². The minimum Gasteiger partial charge on any atom is -0.496 e. The fourth-order valence-corrected chi connectivity index (χ4v) is 5.54. The maximum Gasteiger partial charge on any atom is 0.374 e. The van der Waals surface area contributed by atoms with E-state index in [2.05, 4.69) is 0 Å². The lowest BCUT2D eigenvalue weighted by atomic mass is 9.77. The Balaban J connectivity index is 1.61. The van der Waals surface area contributed by atoms with Gasteiger partial charge in [0.2, 0.25) is 5.76 Å². The predicted octanol–water partition coefficient (Wildman–Crippen LogP) is 4.97. The molecule has 1 aliphatic carbocycles. The number of carbonyl (C=O) groups excluding carboxylic acids is 2. The topological polar surface area (TPSA) is 91.3 Å². The molecular weight excluding hydrogens is 484 g/mol. The maximum absolute atomic E-state index is 12.9. The van der Waals surface area contributed by atoms with Gasteiger partial charge in [-0.05, 0) is 57.2 Å². The molecule has 2 aromatic carbocycles. The summed E-state index contributed by atoms with van der Waals surface area (Å²) in [6.45, 7) is 5.39. The van der Waals surface area contributed by atoms with E-state index in [4.69, 9.17) is 18.9 Å². The summed E-state index contributed by atoms with van der Waals surface area (Å²) in [4.78, 5) is 25.7. The summed E-state index contributed by atoms with van der Waals surface area (Å²) < 4.78 is 23.3. The Morgan fingerprint density at radius 3 is 2.58 bits per heavy atom. The monoisotopic (exact) mass is 518 g/mol. The zero-order valence-corrected chi connectivity index (χ0v) is 22.3. The number of ether oxygens (including phenoxy) is 4. The number of carbonyl (C=O) groups is 2. The summed E-state index contributed by atoms with van der Waals surface area (Å²) in [5.41, 5.74) is 3.55. The highest BCUT2D eigenvalue weighted by Crippen LogP contribution is 2.51. The number of aliphatic hydroxyl groups is 1. The molecule has 0 radical (unpaired) electrons. The van der Waals surface area contributed by atoms with E-state index in [-0.39, 0.29) is 24.1 Å². The third-order valence-electron chi connectivity index (χ3n) is 7.53. The van der Waals surface area contributed by atoms with Crippen LogP contribution in [0.15, 0.2) is 53.8 Å². The molecule has 3 aliphatic rings. The van der Waals surface area contributed by atoms with E-state index in [1.807, 2.05) is 30.3 Å². The van der Waals surface area contributed by atoms with Crippen molar-refractivity contribution >= 4 is 17.3 Å². The van der Waals surface area contributed by atoms with Gasteiger partial charge in [0.15, 0.2) is 0 Å². The molecule has 0 saturated heterocycles. The number of allylic oxidation sites excluding steroid dienone is 3. The van der Waals surface area contributed by atoms with Gasteiger partial charge in [-0.15, -0.1) is 0 Å². The number of hydrogen-bond acceptors (Lipinski definition) is 7. The van der Waals surface area contributed by atoms with Gasteiger partial charge in [-0.3, -0.25) is 4.79 Å². The van der Waals surface area contributed by atoms with Crippen LogP contribution in [0.25, 0.3) is 5.57 Å². The summed E-state index contributed by atoms with van der Waals surface area (Å²) in [6.07, 6.45) is 4.02. The van der Waals surface area contributed by atoms with E-state index in [9.17, 15) is 14.7 Å². The lowest BCUT2D eigenvalue weighted by molar-refractivity contribution is -0.141. The van der Waals surface area contributed by atoms with Gasteiger partial charge < -0.3 is 24.1 Å². The van der Waals surface area contributed by atoms with Crippen molar-refractivity contribution in [1.29, 1.82) is 0 Å². The number of methoxy groups -OCH3 is 1. The summed E-state index contributed by atoms with van der Waals surface area (Å²) >= 11 is 0. The number of rotatable bonds is 6. The van der Waals surface area contributed by atoms with Crippen LogP contribution in [0.2, 0.25) is 0 Å². The number of ketones is 1. The van der Waals surface area contributed by atoms with Crippen LogP contribution in [0, 0.1) is 5.92 Å². The minimum absolute atomic E-state index is 0.0809. The molecule has 2 aliphatic heterocycles. The van der Waals surface area contributed by atoms with E-state index in [0.29, 0.717) is 49.4 Å². The number of hydrogen-bond donors (Lipinski definition) is 1. The Hall–Kier alpha value is -3.58. The zero-order valence-electron chi connectivity index (χ0n) is 22.3. The minimum atomic E-state index is -1.06. The molecule has 1 N–H and O–H groups in total. The van der Waals surface area contributed by atoms with Crippen LogP contribution in [-0.4, -0.2) is 42.3 Å². The molecule has 2 heterocycles. The second-order valence-electron chi connectivity index (χ2n) is 10.6. The number of esters is 1. The molecule has 2 atom stereocenters. The molecule has 0 spiro atoms. The molecule has 200 valence electrons. The molecule has 0 bridgehead atoms. The van der Waals surface area contributed by atoms with Crippen molar-refractivity contribution in [3.05, 3.63) is 70.5 Å². The van der Waals surface area contributed by atoms with Gasteiger partial charge in [-0.25, -0.2) is 4.79 Å². The van der Waals surface area contributed by atoms with Crippen molar-refractivity contribution in [2.45, 2.75) is 64.6 Å². The largest absolute Gasteiger partial charge is 0.496 e. The maximum atomic E-state index is 12.9. The fourth-order valence-electron chi connectivity index (χ4n) is 5.54. The predicted molar refractivity (Wildman–Crippen MR) is 142 cm³/mol.